The molecule has 2 aliphatic heterocycles. The summed E-state index contributed by atoms with van der Waals surface area (Å²) in [7, 11) is 3.75. The van der Waals surface area contributed by atoms with E-state index in [1.807, 2.05) is 25.2 Å². The highest BCUT2D eigenvalue weighted by molar-refractivity contribution is 5.84. The number of halogens is 1. The highest BCUT2D eigenvalue weighted by atomic mass is 19.1. The molecule has 5 aliphatic rings. The van der Waals surface area contributed by atoms with Crippen molar-refractivity contribution in [1.29, 1.82) is 0 Å². The minimum atomic E-state index is -1.98. The molecule has 2 N–H and O–H groups in total. The van der Waals surface area contributed by atoms with Crippen LogP contribution in [-0.4, -0.2) is 74.3 Å². The van der Waals surface area contributed by atoms with Gasteiger partial charge >= 0.3 is 0 Å². The lowest BCUT2D eigenvalue weighted by Crippen LogP contribution is -2.73. The standard InChI is InChI=1S/C29H34FN3O3/c1-26-9-8-19-13-29(30)25(35)24(34)22(33(2)3)14-27(29)10-11-28(19,36-27)23(26)7-6-20(26)17-4-5-18-15-31-16-32-21(18)12-17/h4-6,8,12,15-16,22-25,34-35H,7,9-11,13-14H2,1-3H3/t22-,23?,24+,25-,26+,27+,28+,29?/m0/s1. The van der Waals surface area contributed by atoms with Crippen molar-refractivity contribution >= 4 is 16.5 Å². The molecule has 1 aromatic carbocycles. The van der Waals surface area contributed by atoms with Crippen molar-refractivity contribution in [1.82, 2.24) is 14.9 Å². The summed E-state index contributed by atoms with van der Waals surface area (Å²) in [5.41, 5.74) is 0.663. The summed E-state index contributed by atoms with van der Waals surface area (Å²) in [6.45, 7) is 2.33. The van der Waals surface area contributed by atoms with Crippen LogP contribution in [0.2, 0.25) is 0 Å². The van der Waals surface area contributed by atoms with E-state index in [0.29, 0.717) is 12.8 Å². The summed E-state index contributed by atoms with van der Waals surface area (Å²) >= 11 is 0. The van der Waals surface area contributed by atoms with Gasteiger partial charge in [0.05, 0.1) is 17.2 Å². The first-order valence-electron chi connectivity index (χ1n) is 13.2. The summed E-state index contributed by atoms with van der Waals surface area (Å²) in [6.07, 6.45) is 8.86. The number of hydrogen-bond donors (Lipinski definition) is 2. The molecule has 3 aliphatic carbocycles. The number of likely N-dealkylation sites (N-methyl/N-ethyl adjacent to an activating group) is 1. The van der Waals surface area contributed by atoms with Crippen molar-refractivity contribution in [3.8, 4) is 0 Å². The highest BCUT2D eigenvalue weighted by Crippen LogP contribution is 2.70. The summed E-state index contributed by atoms with van der Waals surface area (Å²) in [4.78, 5) is 10.5. The van der Waals surface area contributed by atoms with Crippen molar-refractivity contribution in [2.75, 3.05) is 14.1 Å². The molecular formula is C29H34FN3O3. The number of aliphatic hydroxyl groups is 2. The molecule has 1 aromatic heterocycles. The molecule has 2 spiro atoms. The molecule has 7 heteroatoms. The normalized spacial score (nSPS) is 45.2. The number of rotatable bonds is 2. The Balaban J connectivity index is 1.29. The molecule has 3 heterocycles. The van der Waals surface area contributed by atoms with E-state index < -0.39 is 29.1 Å². The van der Waals surface area contributed by atoms with Crippen LogP contribution in [0.3, 0.4) is 0 Å². The molecule has 6 nitrogen and oxygen atoms in total. The van der Waals surface area contributed by atoms with Gasteiger partial charge in [-0.15, -0.1) is 0 Å². The average molecular weight is 492 g/mol. The van der Waals surface area contributed by atoms with Crippen LogP contribution in [0.25, 0.3) is 16.5 Å². The summed E-state index contributed by atoms with van der Waals surface area (Å²) in [6, 6.07) is 6.04. The second-order valence-corrected chi connectivity index (χ2v) is 12.2. The lowest BCUT2D eigenvalue weighted by atomic mass is 9.56. The van der Waals surface area contributed by atoms with Gasteiger partial charge in [-0.1, -0.05) is 31.2 Å². The summed E-state index contributed by atoms with van der Waals surface area (Å²) in [5.74, 6) is 0.201. The first-order chi connectivity index (χ1) is 17.1. The Hall–Kier alpha value is -2.19. The molecule has 2 bridgehead atoms. The van der Waals surface area contributed by atoms with Crippen LogP contribution >= 0.6 is 0 Å². The van der Waals surface area contributed by atoms with Crippen LogP contribution in [0.5, 0.6) is 0 Å². The topological polar surface area (TPSA) is 78.7 Å². The Kier molecular flexibility index (Phi) is 4.61. The molecule has 2 unspecified atom stereocenters. The molecule has 190 valence electrons. The number of fused-ring (bicyclic) bond motifs is 2. The zero-order chi connectivity index (χ0) is 25.1. The third-order valence-corrected chi connectivity index (χ3v) is 10.5. The zero-order valence-corrected chi connectivity index (χ0v) is 21.1. The second kappa shape index (κ2) is 7.22. The Morgan fingerprint density at radius 1 is 1.17 bits per heavy atom. The number of aliphatic hydroxyl groups excluding tert-OH is 2. The van der Waals surface area contributed by atoms with E-state index in [-0.39, 0.29) is 23.8 Å². The lowest BCUT2D eigenvalue weighted by molar-refractivity contribution is -0.282. The van der Waals surface area contributed by atoms with Crippen LogP contribution < -0.4 is 0 Å². The van der Waals surface area contributed by atoms with E-state index in [2.05, 4.69) is 47.2 Å². The van der Waals surface area contributed by atoms with E-state index in [4.69, 9.17) is 4.74 Å². The van der Waals surface area contributed by atoms with Gasteiger partial charge in [-0.25, -0.2) is 14.4 Å². The van der Waals surface area contributed by atoms with Gasteiger partial charge in [0.1, 0.15) is 18.0 Å². The van der Waals surface area contributed by atoms with Gasteiger partial charge in [0.25, 0.3) is 0 Å². The monoisotopic (exact) mass is 491 g/mol. The van der Waals surface area contributed by atoms with Crippen LogP contribution in [-0.2, 0) is 4.74 Å². The largest absolute Gasteiger partial charge is 0.389 e. The van der Waals surface area contributed by atoms with Gasteiger partial charge in [0.2, 0.25) is 0 Å². The van der Waals surface area contributed by atoms with Crippen LogP contribution in [0.1, 0.15) is 51.0 Å². The maximum Gasteiger partial charge on any atom is 0.171 e. The Morgan fingerprint density at radius 3 is 2.81 bits per heavy atom. The minimum absolute atomic E-state index is 0.139. The number of benzene rings is 1. The molecule has 7 rings (SSSR count). The van der Waals surface area contributed by atoms with E-state index in [1.165, 1.54) is 11.1 Å². The van der Waals surface area contributed by atoms with Gasteiger partial charge in [-0.05, 0) is 69.0 Å². The van der Waals surface area contributed by atoms with E-state index >= 15 is 4.39 Å². The van der Waals surface area contributed by atoms with Gasteiger partial charge in [-0.3, -0.25) is 0 Å². The minimum Gasteiger partial charge on any atom is -0.389 e. The molecular weight excluding hydrogens is 457 g/mol. The quantitative estimate of drug-likeness (QED) is 0.622. The first kappa shape index (κ1) is 23.0. The highest BCUT2D eigenvalue weighted by Gasteiger charge is 2.76. The van der Waals surface area contributed by atoms with E-state index in [9.17, 15) is 10.2 Å². The first-order valence-corrected chi connectivity index (χ1v) is 13.2. The Morgan fingerprint density at radius 2 is 2.00 bits per heavy atom. The van der Waals surface area contributed by atoms with Crippen molar-refractivity contribution in [3.63, 3.8) is 0 Å². The van der Waals surface area contributed by atoms with Crippen molar-refractivity contribution in [2.45, 2.75) is 80.6 Å². The third kappa shape index (κ3) is 2.65. The van der Waals surface area contributed by atoms with Crippen LogP contribution in [0.15, 0.2) is 48.4 Å². The Labute approximate surface area is 210 Å². The molecule has 0 radical (unpaired) electrons. The van der Waals surface area contributed by atoms with Gasteiger partial charge < -0.3 is 19.8 Å². The van der Waals surface area contributed by atoms with Gasteiger partial charge in [-0.2, -0.15) is 0 Å². The number of ether oxygens (including phenoxy) is 1. The fourth-order valence-electron chi connectivity index (χ4n) is 8.57. The fourth-order valence-corrected chi connectivity index (χ4v) is 8.57. The third-order valence-electron chi connectivity index (χ3n) is 10.5. The van der Waals surface area contributed by atoms with Crippen molar-refractivity contribution in [3.05, 3.63) is 54.0 Å². The predicted molar refractivity (Wildman–Crippen MR) is 135 cm³/mol. The SMILES string of the molecule is CN(C)[C@H]1C[C@@]23CC[C@@]4(O2)C(=CC[C@]2(C)C(c5ccc6cncnc6c5)=CCC24)CC3(F)[C@@H](O)[C@@H]1O. The van der Waals surface area contributed by atoms with Crippen LogP contribution in [0, 0.1) is 11.3 Å². The van der Waals surface area contributed by atoms with Crippen LogP contribution in [0.4, 0.5) is 4.39 Å². The zero-order valence-electron chi connectivity index (χ0n) is 21.1. The smallest absolute Gasteiger partial charge is 0.171 e. The second-order valence-electron chi connectivity index (χ2n) is 12.2. The molecule has 8 atom stereocenters. The number of aromatic nitrogens is 2. The number of hydrogen-bond acceptors (Lipinski definition) is 6. The van der Waals surface area contributed by atoms with E-state index in [1.54, 1.807) is 6.33 Å². The molecule has 0 amide bonds. The fraction of sp³-hybridized carbons (Fsp3) is 0.586. The molecule has 36 heavy (non-hydrogen) atoms. The molecule has 2 aromatic rings. The van der Waals surface area contributed by atoms with Crippen molar-refractivity contribution in [2.24, 2.45) is 11.3 Å². The molecule has 1 saturated carbocycles. The Bertz CT molecular complexity index is 1330. The maximum absolute atomic E-state index is 16.9. The van der Waals surface area contributed by atoms with Crippen molar-refractivity contribution < 1.29 is 19.3 Å². The van der Waals surface area contributed by atoms with E-state index in [0.717, 1.165) is 35.7 Å². The summed E-state index contributed by atoms with van der Waals surface area (Å²) in [5, 5.41) is 22.9. The average Bonchev–Trinajstić information content (AvgIpc) is 3.40. The number of nitrogens with zero attached hydrogens (tertiary/aromatic N) is 3. The predicted octanol–water partition coefficient (Wildman–Crippen LogP) is 3.83. The number of allylic oxidation sites excluding steroid dienone is 3. The number of alkyl halides is 1. The lowest BCUT2D eigenvalue weighted by Gasteiger charge is -2.61. The summed E-state index contributed by atoms with van der Waals surface area (Å²) < 4.78 is 23.9. The molecule has 2 saturated heterocycles. The van der Waals surface area contributed by atoms with Gasteiger partial charge in [0.15, 0.2) is 5.67 Å². The molecule has 3 fully saturated rings. The van der Waals surface area contributed by atoms with Gasteiger partial charge in [0, 0.05) is 35.4 Å². The maximum atomic E-state index is 16.9.